The molecule has 130 valence electrons. The molecule has 0 saturated carbocycles. The second kappa shape index (κ2) is 7.94. The van der Waals surface area contributed by atoms with E-state index in [2.05, 4.69) is 16.0 Å². The van der Waals surface area contributed by atoms with E-state index in [-0.39, 0.29) is 0 Å². The van der Waals surface area contributed by atoms with Crippen LogP contribution >= 0.6 is 0 Å². The fourth-order valence-electron chi connectivity index (χ4n) is 2.71. The normalized spacial score (nSPS) is 10.8. The third kappa shape index (κ3) is 3.88. The van der Waals surface area contributed by atoms with Gasteiger partial charge in [0.15, 0.2) is 0 Å². The van der Waals surface area contributed by atoms with E-state index in [0.717, 1.165) is 34.0 Å². The van der Waals surface area contributed by atoms with E-state index in [0.29, 0.717) is 19.6 Å². The van der Waals surface area contributed by atoms with E-state index in [1.54, 1.807) is 7.11 Å². The van der Waals surface area contributed by atoms with E-state index >= 15 is 0 Å². The fourth-order valence-corrected chi connectivity index (χ4v) is 2.71. The molecule has 0 N–H and O–H groups in total. The quantitative estimate of drug-likeness (QED) is 0.610. The smallest absolute Gasteiger partial charge is 0.144 e. The highest BCUT2D eigenvalue weighted by Crippen LogP contribution is 2.29. The van der Waals surface area contributed by atoms with Gasteiger partial charge in [0.25, 0.3) is 0 Å². The Hall–Kier alpha value is -2.66. The molecule has 0 aliphatic rings. The number of fused-ring (bicyclic) bond motifs is 1. The van der Waals surface area contributed by atoms with Crippen LogP contribution in [0.5, 0.6) is 5.75 Å². The Bertz CT molecular complexity index is 834. The van der Waals surface area contributed by atoms with Crippen molar-refractivity contribution in [3.05, 3.63) is 54.4 Å². The average molecular weight is 337 g/mol. The number of hydrogen-bond donors (Lipinski definition) is 0. The highest BCUT2D eigenvalue weighted by atomic mass is 16.5. The molecule has 2 aromatic carbocycles. The summed E-state index contributed by atoms with van der Waals surface area (Å²) in [6.45, 7) is 3.32. The topological polar surface area (TPSA) is 47.5 Å². The van der Waals surface area contributed by atoms with Crippen molar-refractivity contribution in [2.75, 3.05) is 32.3 Å². The predicted molar refractivity (Wildman–Crippen MR) is 101 cm³/mol. The maximum atomic E-state index is 5.45. The van der Waals surface area contributed by atoms with Gasteiger partial charge in [0.05, 0.1) is 19.2 Å². The van der Waals surface area contributed by atoms with Crippen LogP contribution in [0.3, 0.4) is 0 Å². The van der Waals surface area contributed by atoms with Crippen molar-refractivity contribution in [1.29, 1.82) is 0 Å². The van der Waals surface area contributed by atoms with Crippen LogP contribution < -0.4 is 9.64 Å². The summed E-state index contributed by atoms with van der Waals surface area (Å²) in [7, 11) is 3.68. The number of hydrogen-bond acceptors (Lipinski definition) is 5. The van der Waals surface area contributed by atoms with Crippen molar-refractivity contribution >= 4 is 22.4 Å². The highest BCUT2D eigenvalue weighted by molar-refractivity contribution is 5.91. The predicted octanol–water partition coefficient (Wildman–Crippen LogP) is 3.99. The Morgan fingerprint density at radius 1 is 1.00 bits per heavy atom. The molecule has 0 radical (unpaired) electrons. The SMILES string of the molecule is CCOCCc1nc(N(C)c2ccc(OC)cc2)c2ccccc2n1. The largest absolute Gasteiger partial charge is 0.497 e. The first-order valence-electron chi connectivity index (χ1n) is 8.44. The van der Waals surface area contributed by atoms with E-state index in [4.69, 9.17) is 14.5 Å². The lowest BCUT2D eigenvalue weighted by molar-refractivity contribution is 0.149. The molecule has 0 aliphatic heterocycles. The van der Waals surface area contributed by atoms with Gasteiger partial charge in [-0.15, -0.1) is 0 Å². The minimum atomic E-state index is 0.626. The number of ether oxygens (including phenoxy) is 2. The van der Waals surface area contributed by atoms with Crippen molar-refractivity contribution in [3.63, 3.8) is 0 Å². The van der Waals surface area contributed by atoms with Crippen molar-refractivity contribution in [3.8, 4) is 5.75 Å². The Kier molecular flexibility index (Phi) is 5.46. The summed E-state index contributed by atoms with van der Waals surface area (Å²) in [5.74, 6) is 2.52. The summed E-state index contributed by atoms with van der Waals surface area (Å²) in [6, 6.07) is 16.0. The van der Waals surface area contributed by atoms with E-state index < -0.39 is 0 Å². The molecule has 0 spiro atoms. The maximum Gasteiger partial charge on any atom is 0.144 e. The zero-order chi connectivity index (χ0) is 17.6. The van der Waals surface area contributed by atoms with E-state index in [1.165, 1.54) is 0 Å². The molecule has 5 nitrogen and oxygen atoms in total. The van der Waals surface area contributed by atoms with Gasteiger partial charge in [-0.25, -0.2) is 9.97 Å². The van der Waals surface area contributed by atoms with Gasteiger partial charge in [-0.1, -0.05) is 12.1 Å². The van der Waals surface area contributed by atoms with Crippen molar-refractivity contribution < 1.29 is 9.47 Å². The third-order valence-electron chi connectivity index (χ3n) is 4.08. The lowest BCUT2D eigenvalue weighted by Gasteiger charge is -2.21. The molecule has 0 saturated heterocycles. The summed E-state index contributed by atoms with van der Waals surface area (Å²) in [6.07, 6.45) is 0.697. The van der Waals surface area contributed by atoms with Gasteiger partial charge in [0, 0.05) is 31.1 Å². The minimum Gasteiger partial charge on any atom is -0.497 e. The van der Waals surface area contributed by atoms with Crippen molar-refractivity contribution in [2.45, 2.75) is 13.3 Å². The minimum absolute atomic E-state index is 0.626. The number of para-hydroxylation sites is 1. The molecule has 3 aromatic rings. The van der Waals surface area contributed by atoms with Gasteiger partial charge >= 0.3 is 0 Å². The van der Waals surface area contributed by atoms with Crippen LogP contribution in [0, 0.1) is 0 Å². The van der Waals surface area contributed by atoms with E-state index in [9.17, 15) is 0 Å². The lowest BCUT2D eigenvalue weighted by atomic mass is 10.2. The molecular formula is C20H23N3O2. The lowest BCUT2D eigenvalue weighted by Crippen LogP contribution is -2.14. The zero-order valence-corrected chi connectivity index (χ0v) is 14.9. The Labute approximate surface area is 148 Å². The summed E-state index contributed by atoms with van der Waals surface area (Å²) in [5, 5.41) is 1.03. The number of benzene rings is 2. The molecule has 1 aromatic heterocycles. The Morgan fingerprint density at radius 3 is 2.48 bits per heavy atom. The number of aromatic nitrogens is 2. The molecule has 0 atom stereocenters. The second-order valence-corrected chi connectivity index (χ2v) is 5.68. The van der Waals surface area contributed by atoms with E-state index in [1.807, 2.05) is 56.4 Å². The average Bonchev–Trinajstić information content (AvgIpc) is 2.67. The number of nitrogens with zero attached hydrogens (tertiary/aromatic N) is 3. The van der Waals surface area contributed by atoms with Gasteiger partial charge in [-0.2, -0.15) is 0 Å². The summed E-state index contributed by atoms with van der Waals surface area (Å²) in [5.41, 5.74) is 1.99. The molecule has 1 heterocycles. The summed E-state index contributed by atoms with van der Waals surface area (Å²) >= 11 is 0. The molecule has 0 bridgehead atoms. The molecule has 0 unspecified atom stereocenters. The molecule has 5 heteroatoms. The zero-order valence-electron chi connectivity index (χ0n) is 14.9. The van der Waals surface area contributed by atoms with Crippen LogP contribution in [-0.4, -0.2) is 37.3 Å². The standard InChI is InChI=1S/C20H23N3O2/c1-4-25-14-13-19-21-18-8-6-5-7-17(18)20(22-19)23(2)15-9-11-16(24-3)12-10-15/h5-12H,4,13-14H2,1-3H3. The van der Waals surface area contributed by atoms with Gasteiger partial charge in [-0.05, 0) is 43.3 Å². The van der Waals surface area contributed by atoms with Crippen LogP contribution in [0.4, 0.5) is 11.5 Å². The van der Waals surface area contributed by atoms with Gasteiger partial charge < -0.3 is 14.4 Å². The first-order valence-corrected chi connectivity index (χ1v) is 8.44. The van der Waals surface area contributed by atoms with Gasteiger partial charge in [-0.3, -0.25) is 0 Å². The highest BCUT2D eigenvalue weighted by Gasteiger charge is 2.13. The molecule has 0 amide bonds. The van der Waals surface area contributed by atoms with Gasteiger partial charge in [0.2, 0.25) is 0 Å². The summed E-state index contributed by atoms with van der Waals surface area (Å²) < 4.78 is 10.7. The van der Waals surface area contributed by atoms with Crippen LogP contribution in [0.25, 0.3) is 10.9 Å². The molecule has 0 aliphatic carbocycles. The fraction of sp³-hybridized carbons (Fsp3) is 0.300. The monoisotopic (exact) mass is 337 g/mol. The van der Waals surface area contributed by atoms with Crippen molar-refractivity contribution in [1.82, 2.24) is 9.97 Å². The number of methoxy groups -OCH3 is 1. The van der Waals surface area contributed by atoms with Crippen LogP contribution in [0.1, 0.15) is 12.7 Å². The van der Waals surface area contributed by atoms with Crippen LogP contribution in [0.15, 0.2) is 48.5 Å². The Balaban J connectivity index is 1.99. The first-order chi connectivity index (χ1) is 12.2. The van der Waals surface area contributed by atoms with Crippen molar-refractivity contribution in [2.24, 2.45) is 0 Å². The molecule has 25 heavy (non-hydrogen) atoms. The summed E-state index contributed by atoms with van der Waals surface area (Å²) in [4.78, 5) is 11.5. The third-order valence-corrected chi connectivity index (χ3v) is 4.08. The van der Waals surface area contributed by atoms with Gasteiger partial charge in [0.1, 0.15) is 17.4 Å². The molecular weight excluding hydrogens is 314 g/mol. The number of rotatable bonds is 7. The second-order valence-electron chi connectivity index (χ2n) is 5.68. The van der Waals surface area contributed by atoms with Crippen LogP contribution in [-0.2, 0) is 11.2 Å². The molecule has 3 rings (SSSR count). The number of anilines is 2. The first kappa shape index (κ1) is 17.2. The van der Waals surface area contributed by atoms with Crippen LogP contribution in [0.2, 0.25) is 0 Å². The maximum absolute atomic E-state index is 5.45. The Morgan fingerprint density at radius 2 is 1.76 bits per heavy atom. The molecule has 0 fully saturated rings.